The van der Waals surface area contributed by atoms with Crippen LogP contribution in [0.25, 0.3) is 0 Å². The predicted octanol–water partition coefficient (Wildman–Crippen LogP) is 2.76. The first kappa shape index (κ1) is 25.3. The van der Waals surface area contributed by atoms with Crippen LogP contribution in [-0.4, -0.2) is 38.2 Å². The Kier molecular flexibility index (Phi) is 19.2. The summed E-state index contributed by atoms with van der Waals surface area (Å²) in [4.78, 5) is 30.8. The number of hydrogen-bond donors (Lipinski definition) is 0. The van der Waals surface area contributed by atoms with Gasteiger partial charge in [-0.2, -0.15) is 0 Å². The lowest BCUT2D eigenvalue weighted by Gasteiger charge is -1.97. The topological polar surface area (TPSA) is 78.9 Å². The van der Waals surface area contributed by atoms with Crippen LogP contribution in [0.2, 0.25) is 0 Å². The highest BCUT2D eigenvalue weighted by molar-refractivity contribution is 5.87. The van der Waals surface area contributed by atoms with E-state index in [-0.39, 0.29) is 24.5 Å². The first-order valence-corrected chi connectivity index (χ1v) is 6.64. The van der Waals surface area contributed by atoms with Crippen LogP contribution in [0.15, 0.2) is 49.6 Å². The number of carbonyl (C=O) groups is 3. The van der Waals surface area contributed by atoms with E-state index in [1.54, 1.807) is 20.8 Å². The van der Waals surface area contributed by atoms with Gasteiger partial charge in [-0.3, -0.25) is 0 Å². The Morgan fingerprint density at radius 3 is 1.61 bits per heavy atom. The minimum absolute atomic E-state index is 0.256. The summed E-state index contributed by atoms with van der Waals surface area (Å²) in [6.07, 6.45) is 2.66. The minimum Gasteiger partial charge on any atom is -0.466 e. The van der Waals surface area contributed by atoms with Crippen molar-refractivity contribution in [3.8, 4) is 0 Å². The molecule has 0 bridgehead atoms. The molecule has 0 aliphatic carbocycles. The molecular formula is C17H26O6. The van der Waals surface area contributed by atoms with Crippen LogP contribution in [0.3, 0.4) is 0 Å². The summed E-state index contributed by atoms with van der Waals surface area (Å²) in [5.41, 5.74) is 0.847. The van der Waals surface area contributed by atoms with Crippen molar-refractivity contribution in [1.82, 2.24) is 0 Å². The second kappa shape index (κ2) is 17.4. The summed E-state index contributed by atoms with van der Waals surface area (Å²) in [6.45, 7) is 19.0. The Hall–Kier alpha value is -2.63. The van der Waals surface area contributed by atoms with Crippen molar-refractivity contribution in [3.63, 3.8) is 0 Å². The molecule has 0 saturated heterocycles. The largest absolute Gasteiger partial charge is 0.466 e. The lowest BCUT2D eigenvalue weighted by Crippen LogP contribution is -2.03. The molecule has 0 spiro atoms. The van der Waals surface area contributed by atoms with Gasteiger partial charge in [0.1, 0.15) is 6.61 Å². The molecule has 0 unspecified atom stereocenters. The van der Waals surface area contributed by atoms with E-state index < -0.39 is 0 Å². The molecule has 130 valence electrons. The molecule has 0 aromatic heterocycles. The van der Waals surface area contributed by atoms with E-state index in [9.17, 15) is 14.4 Å². The summed E-state index contributed by atoms with van der Waals surface area (Å²) in [5, 5.41) is 0. The first-order valence-electron chi connectivity index (χ1n) is 6.64. The molecule has 0 aromatic carbocycles. The van der Waals surface area contributed by atoms with Crippen LogP contribution in [0.5, 0.6) is 0 Å². The number of ether oxygens (including phenoxy) is 3. The molecule has 0 saturated carbocycles. The molecule has 0 rings (SSSR count). The van der Waals surface area contributed by atoms with E-state index in [1.165, 1.54) is 13.2 Å². The fourth-order valence-electron chi connectivity index (χ4n) is 0.633. The highest BCUT2D eigenvalue weighted by atomic mass is 16.5. The van der Waals surface area contributed by atoms with Crippen LogP contribution in [0.4, 0.5) is 0 Å². The Morgan fingerprint density at radius 1 is 0.957 bits per heavy atom. The third-order valence-corrected chi connectivity index (χ3v) is 1.67. The van der Waals surface area contributed by atoms with Crippen LogP contribution in [-0.2, 0) is 28.6 Å². The molecule has 0 aromatic rings. The zero-order valence-electron chi connectivity index (χ0n) is 14.3. The van der Waals surface area contributed by atoms with Gasteiger partial charge in [-0.15, -0.1) is 0 Å². The van der Waals surface area contributed by atoms with Crippen molar-refractivity contribution in [3.05, 3.63) is 49.6 Å². The van der Waals surface area contributed by atoms with Crippen LogP contribution < -0.4 is 0 Å². The van der Waals surface area contributed by atoms with E-state index in [2.05, 4.69) is 40.5 Å². The first-order chi connectivity index (χ1) is 10.7. The molecule has 0 atom stereocenters. The van der Waals surface area contributed by atoms with Gasteiger partial charge in [0.25, 0.3) is 0 Å². The summed E-state index contributed by atoms with van der Waals surface area (Å²) >= 11 is 0. The summed E-state index contributed by atoms with van der Waals surface area (Å²) < 4.78 is 13.3. The van der Waals surface area contributed by atoms with Gasteiger partial charge in [0.2, 0.25) is 0 Å². The van der Waals surface area contributed by atoms with Crippen molar-refractivity contribution >= 4 is 17.9 Å². The molecule has 0 N–H and O–H groups in total. The van der Waals surface area contributed by atoms with Gasteiger partial charge < -0.3 is 14.2 Å². The molecule has 0 aliphatic rings. The molecule has 6 nitrogen and oxygen atoms in total. The van der Waals surface area contributed by atoms with Gasteiger partial charge in [-0.05, 0) is 20.8 Å². The standard InChI is InChI=1S/C7H10O2.2C5H8O2/c1-4-5-9-7(8)6(2)3;1-4(2)5(6)7-3;1-3-5(6)7-4-2/h4H,1-2,5H2,3H3;1H2,2-3H3;3H,1,4H2,2H3. The Labute approximate surface area is 138 Å². The fourth-order valence-corrected chi connectivity index (χ4v) is 0.633. The Morgan fingerprint density at radius 2 is 1.43 bits per heavy atom. The maximum Gasteiger partial charge on any atom is 0.333 e. The molecule has 0 heterocycles. The van der Waals surface area contributed by atoms with Crippen molar-refractivity contribution in [2.45, 2.75) is 20.8 Å². The minimum atomic E-state index is -0.366. The summed E-state index contributed by atoms with van der Waals surface area (Å²) in [5.74, 6) is -1.07. The third kappa shape index (κ3) is 21.8. The van der Waals surface area contributed by atoms with Crippen molar-refractivity contribution in [2.24, 2.45) is 0 Å². The lowest BCUT2D eigenvalue weighted by molar-refractivity contribution is -0.138. The van der Waals surface area contributed by atoms with Crippen molar-refractivity contribution in [1.29, 1.82) is 0 Å². The van der Waals surface area contributed by atoms with Crippen LogP contribution >= 0.6 is 0 Å². The van der Waals surface area contributed by atoms with Gasteiger partial charge in [0, 0.05) is 17.2 Å². The zero-order valence-corrected chi connectivity index (χ0v) is 14.3. The second-order valence-corrected chi connectivity index (χ2v) is 3.90. The molecule has 0 fully saturated rings. The van der Waals surface area contributed by atoms with E-state index >= 15 is 0 Å². The van der Waals surface area contributed by atoms with Crippen LogP contribution in [0.1, 0.15) is 20.8 Å². The zero-order chi connectivity index (χ0) is 18.8. The van der Waals surface area contributed by atoms with Crippen LogP contribution in [0, 0.1) is 0 Å². The normalized spacial score (nSPS) is 7.83. The predicted molar refractivity (Wildman–Crippen MR) is 89.6 cm³/mol. The van der Waals surface area contributed by atoms with Gasteiger partial charge in [0.15, 0.2) is 0 Å². The fraction of sp³-hybridized carbons (Fsp3) is 0.353. The molecule has 0 aliphatic heterocycles. The van der Waals surface area contributed by atoms with Gasteiger partial charge >= 0.3 is 17.9 Å². The third-order valence-electron chi connectivity index (χ3n) is 1.67. The quantitative estimate of drug-likeness (QED) is 0.323. The maximum absolute atomic E-state index is 10.5. The molecule has 0 amide bonds. The number of methoxy groups -OCH3 is 1. The molecule has 0 radical (unpaired) electrons. The lowest BCUT2D eigenvalue weighted by atomic mass is 10.4. The molecule has 6 heteroatoms. The van der Waals surface area contributed by atoms with Crippen molar-refractivity contribution < 1.29 is 28.6 Å². The Balaban J connectivity index is -0.000000264. The highest BCUT2D eigenvalue weighted by Crippen LogP contribution is 1.90. The number of esters is 3. The van der Waals surface area contributed by atoms with Gasteiger partial charge in [-0.25, -0.2) is 14.4 Å². The van der Waals surface area contributed by atoms with E-state index in [0.717, 1.165) is 6.08 Å². The Bertz CT molecular complexity index is 432. The monoisotopic (exact) mass is 326 g/mol. The SMILES string of the molecule is C=C(C)C(=O)OC.C=CC(=O)OCC.C=CCOC(=O)C(=C)C. The van der Waals surface area contributed by atoms with E-state index in [4.69, 9.17) is 0 Å². The number of rotatable bonds is 6. The van der Waals surface area contributed by atoms with Gasteiger partial charge in [0.05, 0.1) is 13.7 Å². The summed E-state index contributed by atoms with van der Waals surface area (Å²) in [6, 6.07) is 0. The highest BCUT2D eigenvalue weighted by Gasteiger charge is 1.98. The second-order valence-electron chi connectivity index (χ2n) is 3.90. The smallest absolute Gasteiger partial charge is 0.333 e. The maximum atomic E-state index is 10.5. The van der Waals surface area contributed by atoms with Crippen molar-refractivity contribution in [2.75, 3.05) is 20.3 Å². The molecule has 23 heavy (non-hydrogen) atoms. The summed E-state index contributed by atoms with van der Waals surface area (Å²) in [7, 11) is 1.33. The average Bonchev–Trinajstić information content (AvgIpc) is 2.52. The number of hydrogen-bond acceptors (Lipinski definition) is 6. The van der Waals surface area contributed by atoms with Gasteiger partial charge in [-0.1, -0.05) is 32.4 Å². The number of carbonyl (C=O) groups excluding carboxylic acids is 3. The van der Waals surface area contributed by atoms with E-state index in [1.807, 2.05) is 0 Å². The van der Waals surface area contributed by atoms with E-state index in [0.29, 0.717) is 17.8 Å². The molecular weight excluding hydrogens is 300 g/mol. The average molecular weight is 326 g/mol.